The number of hydrogen-bond acceptors (Lipinski definition) is 2. The highest BCUT2D eigenvalue weighted by Crippen LogP contribution is 2.61. The van der Waals surface area contributed by atoms with E-state index in [9.17, 15) is 9.36 Å². The lowest BCUT2D eigenvalue weighted by molar-refractivity contribution is 0.0697. The minimum Gasteiger partial charge on any atom is -0.478 e. The molecule has 0 spiro atoms. The van der Waals surface area contributed by atoms with Crippen molar-refractivity contribution in [1.82, 2.24) is 0 Å². The fraction of sp³-hybridized carbons (Fsp3) is 0.222. The number of halogens is 3. The molecule has 7 heteroatoms. The standard InChI is InChI=1S/C7H6O2.C2H6.Cl3OP/c8-7(9)6-4-2-1-3-5-6;1-2;1-5(2,3)4/h1-5H,(H,8,9);1-2H3;. The van der Waals surface area contributed by atoms with Gasteiger partial charge in [0.2, 0.25) is 0 Å². The first-order chi connectivity index (χ1) is 7.30. The maximum Gasteiger partial charge on any atom is 0.339 e. The Morgan fingerprint density at radius 2 is 1.44 bits per heavy atom. The fourth-order valence-electron chi connectivity index (χ4n) is 0.581. The molecule has 0 aliphatic carbocycles. The van der Waals surface area contributed by atoms with Gasteiger partial charge in [0, 0.05) is 0 Å². The van der Waals surface area contributed by atoms with Crippen LogP contribution in [0.3, 0.4) is 0 Å². The van der Waals surface area contributed by atoms with Gasteiger partial charge in [-0.25, -0.2) is 4.79 Å². The van der Waals surface area contributed by atoms with Crippen molar-refractivity contribution in [3.63, 3.8) is 0 Å². The Morgan fingerprint density at radius 3 is 1.62 bits per heavy atom. The first-order valence-corrected chi connectivity index (χ1v) is 8.70. The number of rotatable bonds is 1. The monoisotopic (exact) mass is 304 g/mol. The number of carbonyl (C=O) groups is 1. The van der Waals surface area contributed by atoms with Crippen molar-refractivity contribution in [3.05, 3.63) is 35.9 Å². The summed E-state index contributed by atoms with van der Waals surface area (Å²) in [5.74, 6) is -0.879. The summed E-state index contributed by atoms with van der Waals surface area (Å²) in [6, 6.07) is 8.30. The van der Waals surface area contributed by atoms with Crippen LogP contribution in [-0.4, -0.2) is 11.1 Å². The second kappa shape index (κ2) is 9.98. The van der Waals surface area contributed by atoms with Gasteiger partial charge in [-0.05, 0) is 45.9 Å². The Hall–Kier alpha value is -0.210. The molecular formula is C9H12Cl3O3P. The van der Waals surface area contributed by atoms with E-state index in [2.05, 4.69) is 33.7 Å². The normalized spacial score (nSPS) is 9.06. The van der Waals surface area contributed by atoms with Gasteiger partial charge >= 0.3 is 11.2 Å². The summed E-state index contributed by atoms with van der Waals surface area (Å²) < 4.78 is 9.51. The van der Waals surface area contributed by atoms with Crippen molar-refractivity contribution in [2.24, 2.45) is 0 Å². The molecule has 0 aliphatic heterocycles. The highest BCUT2D eigenvalue weighted by atomic mass is 36.0. The molecule has 92 valence electrons. The van der Waals surface area contributed by atoms with Gasteiger partial charge in [-0.15, -0.1) is 0 Å². The number of carboxylic acids is 1. The van der Waals surface area contributed by atoms with E-state index < -0.39 is 11.2 Å². The van der Waals surface area contributed by atoms with E-state index in [4.69, 9.17) is 5.11 Å². The van der Waals surface area contributed by atoms with E-state index >= 15 is 0 Å². The van der Waals surface area contributed by atoms with E-state index in [-0.39, 0.29) is 0 Å². The van der Waals surface area contributed by atoms with Crippen molar-refractivity contribution >= 4 is 44.9 Å². The van der Waals surface area contributed by atoms with Crippen LogP contribution in [0.2, 0.25) is 0 Å². The summed E-state index contributed by atoms with van der Waals surface area (Å²) in [5.41, 5.74) is 0.331. The van der Waals surface area contributed by atoms with Crippen LogP contribution in [0, 0.1) is 0 Å². The van der Waals surface area contributed by atoms with Crippen molar-refractivity contribution < 1.29 is 14.5 Å². The Kier molecular flexibility index (Phi) is 11.3. The molecule has 0 aromatic heterocycles. The van der Waals surface area contributed by atoms with E-state index in [0.29, 0.717) is 5.56 Å². The van der Waals surface area contributed by atoms with E-state index in [1.807, 2.05) is 13.8 Å². The zero-order valence-corrected chi connectivity index (χ0v) is 11.9. The Bertz CT molecular complexity index is 329. The van der Waals surface area contributed by atoms with Crippen molar-refractivity contribution in [2.45, 2.75) is 13.8 Å². The number of aromatic carboxylic acids is 1. The Labute approximate surface area is 109 Å². The molecule has 16 heavy (non-hydrogen) atoms. The molecule has 0 atom stereocenters. The summed E-state index contributed by atoms with van der Waals surface area (Å²) in [6.45, 7) is 4.00. The van der Waals surface area contributed by atoms with E-state index in [1.165, 1.54) is 0 Å². The van der Waals surface area contributed by atoms with Crippen LogP contribution in [0.15, 0.2) is 30.3 Å². The topological polar surface area (TPSA) is 54.4 Å². The van der Waals surface area contributed by atoms with Crippen LogP contribution in [0.5, 0.6) is 0 Å². The maximum absolute atomic E-state index is 10.2. The molecule has 0 saturated carbocycles. The second-order valence-corrected chi connectivity index (χ2v) is 8.71. The molecule has 0 aliphatic rings. The van der Waals surface area contributed by atoms with Gasteiger partial charge < -0.3 is 5.11 Å². The quantitative estimate of drug-likeness (QED) is 0.723. The van der Waals surface area contributed by atoms with Gasteiger partial charge in [-0.2, -0.15) is 0 Å². The number of carboxylic acid groups (broad SMARTS) is 1. The molecule has 1 rings (SSSR count). The lowest BCUT2D eigenvalue weighted by atomic mass is 10.2. The molecule has 0 fully saturated rings. The van der Waals surface area contributed by atoms with Crippen molar-refractivity contribution in [1.29, 1.82) is 0 Å². The Morgan fingerprint density at radius 1 is 1.12 bits per heavy atom. The summed E-state index contributed by atoms with van der Waals surface area (Å²) in [7, 11) is 0. The average molecular weight is 306 g/mol. The van der Waals surface area contributed by atoms with Crippen LogP contribution >= 0.6 is 38.9 Å². The molecule has 1 N–H and O–H groups in total. The lowest BCUT2D eigenvalue weighted by Crippen LogP contribution is -1.93. The largest absolute Gasteiger partial charge is 0.478 e. The molecule has 0 unspecified atom stereocenters. The highest BCUT2D eigenvalue weighted by Gasteiger charge is 2.03. The molecule has 0 radical (unpaired) electrons. The van der Waals surface area contributed by atoms with Gasteiger partial charge in [0.25, 0.3) is 0 Å². The molecule has 1 aromatic rings. The van der Waals surface area contributed by atoms with Crippen LogP contribution in [0.25, 0.3) is 0 Å². The first-order valence-electron chi connectivity index (χ1n) is 4.28. The summed E-state index contributed by atoms with van der Waals surface area (Å²) in [4.78, 5) is 10.2. The van der Waals surface area contributed by atoms with E-state index in [0.717, 1.165) is 0 Å². The first kappa shape index (κ1) is 18.2. The molecule has 0 saturated heterocycles. The van der Waals surface area contributed by atoms with Crippen molar-refractivity contribution in [2.75, 3.05) is 0 Å². The zero-order chi connectivity index (χ0) is 13.2. The number of hydrogen-bond donors (Lipinski definition) is 1. The second-order valence-electron chi connectivity index (χ2n) is 2.07. The Balaban J connectivity index is 0. The molecule has 0 bridgehead atoms. The van der Waals surface area contributed by atoms with Gasteiger partial charge in [-0.3, -0.25) is 4.57 Å². The SMILES string of the molecule is CC.O=C(O)c1ccccc1.O=P(Cl)(Cl)Cl. The van der Waals surface area contributed by atoms with E-state index in [1.54, 1.807) is 30.3 Å². The minimum absolute atomic E-state index is 0.331. The average Bonchev–Trinajstić information content (AvgIpc) is 2.20. The van der Waals surface area contributed by atoms with Gasteiger partial charge in [-0.1, -0.05) is 32.0 Å². The number of benzene rings is 1. The molecular weight excluding hydrogens is 293 g/mol. The predicted molar refractivity (Wildman–Crippen MR) is 69.9 cm³/mol. The third-order valence-corrected chi connectivity index (χ3v) is 1.02. The van der Waals surface area contributed by atoms with Crippen LogP contribution in [-0.2, 0) is 4.57 Å². The summed E-state index contributed by atoms with van der Waals surface area (Å²) >= 11 is 13.8. The van der Waals surface area contributed by atoms with Crippen LogP contribution in [0.1, 0.15) is 24.2 Å². The summed E-state index contributed by atoms with van der Waals surface area (Å²) in [5, 5.41) is 5.16. The fourth-order valence-corrected chi connectivity index (χ4v) is 0.581. The van der Waals surface area contributed by atoms with Gasteiger partial charge in [0.05, 0.1) is 5.56 Å². The molecule has 0 heterocycles. The third-order valence-electron chi connectivity index (χ3n) is 1.02. The van der Waals surface area contributed by atoms with Crippen LogP contribution < -0.4 is 0 Å². The molecule has 0 amide bonds. The molecule has 1 aromatic carbocycles. The van der Waals surface area contributed by atoms with Gasteiger partial charge in [0.15, 0.2) is 0 Å². The van der Waals surface area contributed by atoms with Crippen molar-refractivity contribution in [3.8, 4) is 0 Å². The van der Waals surface area contributed by atoms with Crippen LogP contribution in [0.4, 0.5) is 0 Å². The minimum atomic E-state index is -3.22. The maximum atomic E-state index is 10.2. The molecule has 3 nitrogen and oxygen atoms in total. The summed E-state index contributed by atoms with van der Waals surface area (Å²) in [6.07, 6.45) is 0. The highest BCUT2D eigenvalue weighted by molar-refractivity contribution is 8.24. The van der Waals surface area contributed by atoms with Gasteiger partial charge in [0.1, 0.15) is 0 Å². The zero-order valence-electron chi connectivity index (χ0n) is 8.73. The predicted octanol–water partition coefficient (Wildman–Crippen LogP) is 5.22. The lowest BCUT2D eigenvalue weighted by Gasteiger charge is -1.88. The third kappa shape index (κ3) is 16.2. The smallest absolute Gasteiger partial charge is 0.339 e.